The fraction of sp³-hybridized carbons (Fsp3) is 0.615. The van der Waals surface area contributed by atoms with Gasteiger partial charge in [0.2, 0.25) is 10.0 Å². The molecule has 2 N–H and O–H groups in total. The maximum absolute atomic E-state index is 10.9. The Bertz CT molecular complexity index is 544. The van der Waals surface area contributed by atoms with Crippen LogP contribution in [0.15, 0.2) is 6.20 Å². The van der Waals surface area contributed by atoms with Gasteiger partial charge in [0, 0.05) is 30.4 Å². The SMILES string of the molecule is COc1c(C)cnc(CNCCCNS(C)(=O)=O)c1C. The monoisotopic (exact) mass is 301 g/mol. The molecule has 0 spiro atoms. The van der Waals surface area contributed by atoms with Crippen LogP contribution in [0.2, 0.25) is 0 Å². The van der Waals surface area contributed by atoms with Crippen LogP contribution in [-0.2, 0) is 16.6 Å². The number of sulfonamides is 1. The largest absolute Gasteiger partial charge is 0.496 e. The van der Waals surface area contributed by atoms with E-state index < -0.39 is 10.0 Å². The highest BCUT2D eigenvalue weighted by Crippen LogP contribution is 2.23. The highest BCUT2D eigenvalue weighted by atomic mass is 32.2. The maximum atomic E-state index is 10.9. The summed E-state index contributed by atoms with van der Waals surface area (Å²) in [5, 5.41) is 3.25. The lowest BCUT2D eigenvalue weighted by molar-refractivity contribution is 0.406. The number of hydrogen-bond acceptors (Lipinski definition) is 5. The maximum Gasteiger partial charge on any atom is 0.208 e. The van der Waals surface area contributed by atoms with Crippen molar-refractivity contribution in [2.24, 2.45) is 0 Å². The normalized spacial score (nSPS) is 11.6. The van der Waals surface area contributed by atoms with Crippen LogP contribution in [0.4, 0.5) is 0 Å². The molecular formula is C13H23N3O3S. The minimum atomic E-state index is -3.09. The van der Waals surface area contributed by atoms with Crippen LogP contribution in [0.1, 0.15) is 23.2 Å². The van der Waals surface area contributed by atoms with E-state index in [-0.39, 0.29) is 0 Å². The minimum absolute atomic E-state index is 0.440. The van der Waals surface area contributed by atoms with Crippen LogP contribution < -0.4 is 14.8 Å². The second kappa shape index (κ2) is 7.56. The lowest BCUT2D eigenvalue weighted by Crippen LogP contribution is -2.26. The molecular weight excluding hydrogens is 278 g/mol. The molecule has 1 aromatic rings. The predicted molar refractivity (Wildman–Crippen MR) is 79.4 cm³/mol. The summed E-state index contributed by atoms with van der Waals surface area (Å²) in [7, 11) is -1.43. The first kappa shape index (κ1) is 16.9. The molecule has 0 bridgehead atoms. The number of ether oxygens (including phenoxy) is 1. The van der Waals surface area contributed by atoms with Gasteiger partial charge in [-0.1, -0.05) is 0 Å². The predicted octanol–water partition coefficient (Wildman–Crippen LogP) is 0.736. The van der Waals surface area contributed by atoms with Crippen LogP contribution in [0.3, 0.4) is 0 Å². The summed E-state index contributed by atoms with van der Waals surface area (Å²) in [6.07, 6.45) is 3.69. The zero-order chi connectivity index (χ0) is 15.2. The van der Waals surface area contributed by atoms with Crippen LogP contribution in [-0.4, -0.2) is 39.9 Å². The smallest absolute Gasteiger partial charge is 0.208 e. The summed E-state index contributed by atoms with van der Waals surface area (Å²) in [4.78, 5) is 4.39. The van der Waals surface area contributed by atoms with E-state index in [1.807, 2.05) is 13.8 Å². The lowest BCUT2D eigenvalue weighted by atomic mass is 10.1. The number of rotatable bonds is 8. The summed E-state index contributed by atoms with van der Waals surface area (Å²) in [5.41, 5.74) is 3.00. The van der Waals surface area contributed by atoms with E-state index in [0.717, 1.165) is 41.8 Å². The van der Waals surface area contributed by atoms with Crippen LogP contribution >= 0.6 is 0 Å². The Hall–Kier alpha value is -1.18. The molecule has 6 nitrogen and oxygen atoms in total. The first-order valence-corrected chi connectivity index (χ1v) is 8.38. The van der Waals surface area contributed by atoms with Gasteiger partial charge in [-0.25, -0.2) is 13.1 Å². The number of aryl methyl sites for hydroxylation is 1. The topological polar surface area (TPSA) is 80.3 Å². The molecule has 0 aliphatic rings. The van der Waals surface area contributed by atoms with E-state index in [1.165, 1.54) is 0 Å². The Balaban J connectivity index is 2.40. The van der Waals surface area contributed by atoms with Crippen molar-refractivity contribution in [1.82, 2.24) is 15.0 Å². The zero-order valence-electron chi connectivity index (χ0n) is 12.5. The van der Waals surface area contributed by atoms with Crippen LogP contribution in [0, 0.1) is 13.8 Å². The minimum Gasteiger partial charge on any atom is -0.496 e. The molecule has 0 saturated heterocycles. The van der Waals surface area contributed by atoms with Crippen molar-refractivity contribution in [2.45, 2.75) is 26.8 Å². The number of hydrogen-bond donors (Lipinski definition) is 2. The third-order valence-electron chi connectivity index (χ3n) is 2.94. The molecule has 114 valence electrons. The molecule has 0 saturated carbocycles. The molecule has 0 fully saturated rings. The molecule has 0 aromatic carbocycles. The lowest BCUT2D eigenvalue weighted by Gasteiger charge is -2.12. The van der Waals surface area contributed by atoms with E-state index >= 15 is 0 Å². The van der Waals surface area contributed by atoms with Crippen LogP contribution in [0.25, 0.3) is 0 Å². The highest BCUT2D eigenvalue weighted by Gasteiger charge is 2.08. The molecule has 20 heavy (non-hydrogen) atoms. The van der Waals surface area contributed by atoms with Gasteiger partial charge in [0.05, 0.1) is 19.1 Å². The summed E-state index contributed by atoms with van der Waals surface area (Å²) in [6.45, 7) is 5.75. The Labute approximate surface area is 121 Å². The molecule has 0 unspecified atom stereocenters. The molecule has 0 radical (unpaired) electrons. The molecule has 1 aromatic heterocycles. The van der Waals surface area contributed by atoms with Gasteiger partial charge >= 0.3 is 0 Å². The second-order valence-electron chi connectivity index (χ2n) is 4.74. The van der Waals surface area contributed by atoms with Crippen molar-refractivity contribution < 1.29 is 13.2 Å². The van der Waals surface area contributed by atoms with Crippen molar-refractivity contribution in [1.29, 1.82) is 0 Å². The third-order valence-corrected chi connectivity index (χ3v) is 3.67. The zero-order valence-corrected chi connectivity index (χ0v) is 13.3. The fourth-order valence-corrected chi connectivity index (χ4v) is 2.44. The molecule has 0 aliphatic heterocycles. The van der Waals surface area contributed by atoms with Crippen molar-refractivity contribution in [3.05, 3.63) is 23.0 Å². The standard InChI is InChI=1S/C13H23N3O3S/c1-10-8-15-12(11(2)13(10)19-3)9-14-6-5-7-16-20(4,17)18/h8,14,16H,5-7,9H2,1-4H3. The summed E-state index contributed by atoms with van der Waals surface area (Å²) in [5.74, 6) is 0.871. The Morgan fingerprint density at radius 3 is 2.60 bits per heavy atom. The molecule has 0 aliphatic carbocycles. The van der Waals surface area contributed by atoms with E-state index in [2.05, 4.69) is 15.0 Å². The van der Waals surface area contributed by atoms with Crippen molar-refractivity contribution >= 4 is 10.0 Å². The van der Waals surface area contributed by atoms with Crippen molar-refractivity contribution in [3.63, 3.8) is 0 Å². The van der Waals surface area contributed by atoms with E-state index in [1.54, 1.807) is 13.3 Å². The van der Waals surface area contributed by atoms with Gasteiger partial charge in [-0.15, -0.1) is 0 Å². The number of nitrogens with zero attached hydrogens (tertiary/aromatic N) is 1. The third kappa shape index (κ3) is 5.44. The van der Waals surface area contributed by atoms with E-state index in [9.17, 15) is 8.42 Å². The molecule has 0 amide bonds. The summed E-state index contributed by atoms with van der Waals surface area (Å²) in [6, 6.07) is 0. The number of aromatic nitrogens is 1. The molecule has 1 rings (SSSR count). The first-order chi connectivity index (χ1) is 9.35. The Morgan fingerprint density at radius 2 is 2.00 bits per heavy atom. The average molecular weight is 301 g/mol. The molecule has 7 heteroatoms. The Kier molecular flexibility index (Phi) is 6.38. The van der Waals surface area contributed by atoms with E-state index in [0.29, 0.717) is 13.1 Å². The highest BCUT2D eigenvalue weighted by molar-refractivity contribution is 7.88. The number of nitrogens with one attached hydrogen (secondary N) is 2. The second-order valence-corrected chi connectivity index (χ2v) is 6.58. The van der Waals surface area contributed by atoms with E-state index in [4.69, 9.17) is 4.74 Å². The van der Waals surface area contributed by atoms with Gasteiger partial charge in [0.25, 0.3) is 0 Å². The fourth-order valence-electron chi connectivity index (χ4n) is 1.93. The first-order valence-electron chi connectivity index (χ1n) is 6.49. The molecule has 1 heterocycles. The van der Waals surface area contributed by atoms with Crippen LogP contribution in [0.5, 0.6) is 5.75 Å². The van der Waals surface area contributed by atoms with Crippen molar-refractivity contribution in [2.75, 3.05) is 26.5 Å². The van der Waals surface area contributed by atoms with Gasteiger partial charge in [-0.2, -0.15) is 0 Å². The number of pyridine rings is 1. The van der Waals surface area contributed by atoms with Gasteiger partial charge in [-0.05, 0) is 26.8 Å². The van der Waals surface area contributed by atoms with Gasteiger partial charge in [0.15, 0.2) is 0 Å². The van der Waals surface area contributed by atoms with Gasteiger partial charge in [-0.3, -0.25) is 4.98 Å². The summed E-state index contributed by atoms with van der Waals surface area (Å²) >= 11 is 0. The summed E-state index contributed by atoms with van der Waals surface area (Å²) < 4.78 is 29.6. The van der Waals surface area contributed by atoms with Gasteiger partial charge in [0.1, 0.15) is 5.75 Å². The van der Waals surface area contributed by atoms with Gasteiger partial charge < -0.3 is 10.1 Å². The van der Waals surface area contributed by atoms with Crippen molar-refractivity contribution in [3.8, 4) is 5.75 Å². The quantitative estimate of drug-likeness (QED) is 0.692. The number of methoxy groups -OCH3 is 1. The Morgan fingerprint density at radius 1 is 1.30 bits per heavy atom. The average Bonchev–Trinajstić information content (AvgIpc) is 2.35. The molecule has 0 atom stereocenters.